The predicted octanol–water partition coefficient (Wildman–Crippen LogP) is 5.48. The van der Waals surface area contributed by atoms with Crippen molar-refractivity contribution >= 4 is 27.5 Å². The van der Waals surface area contributed by atoms with Crippen LogP contribution in [-0.2, 0) is 6.42 Å². The van der Waals surface area contributed by atoms with Crippen molar-refractivity contribution in [2.24, 2.45) is 5.73 Å². The van der Waals surface area contributed by atoms with Gasteiger partial charge in [-0.2, -0.15) is 0 Å². The van der Waals surface area contributed by atoms with Crippen LogP contribution in [0.1, 0.15) is 24.5 Å². The lowest BCUT2D eigenvalue weighted by molar-refractivity contribution is 0.479. The molecule has 0 aliphatic carbocycles. The Balaban J connectivity index is 2.17. The third-order valence-electron chi connectivity index (χ3n) is 3.33. The molecular weight excluding hydrogens is 350 g/mol. The first-order chi connectivity index (χ1) is 9.99. The van der Waals surface area contributed by atoms with E-state index in [4.69, 9.17) is 22.1 Å². The van der Waals surface area contributed by atoms with Crippen LogP contribution in [-0.4, -0.2) is 6.04 Å². The molecule has 0 spiro atoms. The molecule has 0 aliphatic heterocycles. The van der Waals surface area contributed by atoms with Crippen LogP contribution in [0.2, 0.25) is 5.02 Å². The lowest BCUT2D eigenvalue weighted by atomic mass is 10.0. The number of aryl methyl sites for hydroxylation is 1. The molecule has 0 heterocycles. The second-order valence-corrected chi connectivity index (χ2v) is 6.43. The van der Waals surface area contributed by atoms with Crippen LogP contribution in [0.3, 0.4) is 0 Å². The van der Waals surface area contributed by atoms with E-state index in [0.29, 0.717) is 10.8 Å². The summed E-state index contributed by atoms with van der Waals surface area (Å²) in [7, 11) is 0. The van der Waals surface area contributed by atoms with Crippen LogP contribution >= 0.6 is 27.5 Å². The van der Waals surface area contributed by atoms with E-state index in [2.05, 4.69) is 22.9 Å². The van der Waals surface area contributed by atoms with Gasteiger partial charge < -0.3 is 10.5 Å². The Morgan fingerprint density at radius 3 is 2.52 bits per heavy atom. The molecule has 2 rings (SSSR count). The molecule has 0 saturated carbocycles. The highest BCUT2D eigenvalue weighted by atomic mass is 79.9. The van der Waals surface area contributed by atoms with Crippen molar-refractivity contribution in [3.05, 3.63) is 57.0 Å². The van der Waals surface area contributed by atoms with E-state index in [1.165, 1.54) is 5.56 Å². The zero-order valence-corrected chi connectivity index (χ0v) is 14.5. The fourth-order valence-corrected chi connectivity index (χ4v) is 2.79. The summed E-state index contributed by atoms with van der Waals surface area (Å²) in [5.74, 6) is 1.40. The Morgan fingerprint density at radius 1 is 1.19 bits per heavy atom. The van der Waals surface area contributed by atoms with Gasteiger partial charge in [0.25, 0.3) is 0 Å². The summed E-state index contributed by atoms with van der Waals surface area (Å²) in [5, 5.41) is 0.610. The minimum atomic E-state index is 0.190. The first-order valence-electron chi connectivity index (χ1n) is 6.97. The average Bonchev–Trinajstić information content (AvgIpc) is 2.44. The van der Waals surface area contributed by atoms with Gasteiger partial charge in [0.1, 0.15) is 11.5 Å². The van der Waals surface area contributed by atoms with Crippen LogP contribution in [0.25, 0.3) is 0 Å². The van der Waals surface area contributed by atoms with Crippen molar-refractivity contribution < 1.29 is 4.74 Å². The van der Waals surface area contributed by atoms with E-state index in [9.17, 15) is 0 Å². The summed E-state index contributed by atoms with van der Waals surface area (Å²) >= 11 is 9.74. The molecule has 112 valence electrons. The molecule has 2 N–H and O–H groups in total. The quantitative estimate of drug-likeness (QED) is 0.758. The van der Waals surface area contributed by atoms with E-state index >= 15 is 0 Å². The van der Waals surface area contributed by atoms with Gasteiger partial charge in [-0.05, 0) is 71.1 Å². The molecule has 0 amide bonds. The molecule has 0 radical (unpaired) electrons. The molecule has 1 atom stereocenters. The topological polar surface area (TPSA) is 35.2 Å². The highest BCUT2D eigenvalue weighted by Crippen LogP contribution is 2.34. The molecule has 0 fully saturated rings. The lowest BCUT2D eigenvalue weighted by Crippen LogP contribution is -2.21. The van der Waals surface area contributed by atoms with Gasteiger partial charge in [-0.15, -0.1) is 0 Å². The zero-order chi connectivity index (χ0) is 15.4. The molecular formula is C17H19BrClNO. The highest BCUT2D eigenvalue weighted by molar-refractivity contribution is 9.10. The van der Waals surface area contributed by atoms with Gasteiger partial charge in [0.05, 0.1) is 9.50 Å². The molecule has 21 heavy (non-hydrogen) atoms. The van der Waals surface area contributed by atoms with Crippen molar-refractivity contribution in [3.8, 4) is 11.5 Å². The van der Waals surface area contributed by atoms with Crippen LogP contribution in [0.15, 0.2) is 40.9 Å². The average molecular weight is 369 g/mol. The van der Waals surface area contributed by atoms with E-state index < -0.39 is 0 Å². The van der Waals surface area contributed by atoms with E-state index in [1.807, 2.05) is 43.3 Å². The maximum Gasteiger partial charge on any atom is 0.146 e. The second-order valence-electron chi connectivity index (χ2n) is 5.17. The van der Waals surface area contributed by atoms with Gasteiger partial charge >= 0.3 is 0 Å². The normalized spacial score (nSPS) is 12.2. The maximum absolute atomic E-state index is 6.19. The lowest BCUT2D eigenvalue weighted by Gasteiger charge is -2.13. The van der Waals surface area contributed by atoms with E-state index in [1.54, 1.807) is 0 Å². The number of hydrogen-bond donors (Lipinski definition) is 1. The summed E-state index contributed by atoms with van der Waals surface area (Å²) in [5.41, 5.74) is 8.29. The van der Waals surface area contributed by atoms with Crippen LogP contribution in [0.5, 0.6) is 11.5 Å². The number of rotatable bonds is 5. The van der Waals surface area contributed by atoms with Gasteiger partial charge in [-0.3, -0.25) is 0 Å². The fourth-order valence-electron chi connectivity index (χ4n) is 2.01. The first kappa shape index (κ1) is 16.3. The largest absolute Gasteiger partial charge is 0.455 e. The molecule has 0 aliphatic rings. The van der Waals surface area contributed by atoms with E-state index in [-0.39, 0.29) is 6.04 Å². The van der Waals surface area contributed by atoms with Crippen molar-refractivity contribution in [1.29, 1.82) is 0 Å². The molecule has 0 saturated heterocycles. The Hall–Kier alpha value is -1.03. The summed E-state index contributed by atoms with van der Waals surface area (Å²) in [6, 6.07) is 12.0. The van der Waals surface area contributed by atoms with Crippen LogP contribution in [0, 0.1) is 6.92 Å². The molecule has 2 nitrogen and oxygen atoms in total. The number of benzene rings is 2. The molecule has 0 aromatic heterocycles. The zero-order valence-electron chi connectivity index (χ0n) is 12.2. The highest BCUT2D eigenvalue weighted by Gasteiger charge is 2.09. The first-order valence-corrected chi connectivity index (χ1v) is 8.14. The Kier molecular flexibility index (Phi) is 5.68. The van der Waals surface area contributed by atoms with Crippen molar-refractivity contribution in [2.75, 3.05) is 0 Å². The molecule has 1 unspecified atom stereocenters. The maximum atomic E-state index is 6.19. The summed E-state index contributed by atoms with van der Waals surface area (Å²) in [6.07, 6.45) is 1.83. The van der Waals surface area contributed by atoms with Gasteiger partial charge in [0.15, 0.2) is 0 Å². The van der Waals surface area contributed by atoms with Gasteiger partial charge in [-0.1, -0.05) is 30.7 Å². The molecule has 2 aromatic carbocycles. The third kappa shape index (κ3) is 4.47. The number of hydrogen-bond acceptors (Lipinski definition) is 2. The molecule has 4 heteroatoms. The van der Waals surface area contributed by atoms with Crippen molar-refractivity contribution in [2.45, 2.75) is 32.7 Å². The van der Waals surface area contributed by atoms with Gasteiger partial charge in [-0.25, -0.2) is 0 Å². The molecule has 0 bridgehead atoms. The summed E-state index contributed by atoms with van der Waals surface area (Å²) < 4.78 is 6.77. The predicted molar refractivity (Wildman–Crippen MR) is 92.4 cm³/mol. The molecule has 2 aromatic rings. The summed E-state index contributed by atoms with van der Waals surface area (Å²) in [6.45, 7) is 4.09. The van der Waals surface area contributed by atoms with Crippen molar-refractivity contribution in [1.82, 2.24) is 0 Å². The minimum Gasteiger partial charge on any atom is -0.455 e. The summed E-state index contributed by atoms with van der Waals surface area (Å²) in [4.78, 5) is 0. The minimum absolute atomic E-state index is 0.190. The number of halogens is 2. The van der Waals surface area contributed by atoms with Crippen LogP contribution < -0.4 is 10.5 Å². The van der Waals surface area contributed by atoms with Gasteiger partial charge in [0, 0.05) is 6.04 Å². The number of nitrogens with two attached hydrogens (primary N) is 1. The van der Waals surface area contributed by atoms with Crippen molar-refractivity contribution in [3.63, 3.8) is 0 Å². The van der Waals surface area contributed by atoms with Gasteiger partial charge in [0.2, 0.25) is 0 Å². The van der Waals surface area contributed by atoms with Crippen LogP contribution in [0.4, 0.5) is 0 Å². The Morgan fingerprint density at radius 2 is 1.90 bits per heavy atom. The smallest absolute Gasteiger partial charge is 0.146 e. The fraction of sp³-hybridized carbons (Fsp3) is 0.294. The number of ether oxygens (including phenoxy) is 1. The second kappa shape index (κ2) is 7.30. The monoisotopic (exact) mass is 367 g/mol. The third-order valence-corrected chi connectivity index (χ3v) is 4.24. The van der Waals surface area contributed by atoms with E-state index in [0.717, 1.165) is 28.6 Å². The Labute approximate surface area is 139 Å². The Bertz CT molecular complexity index is 630. The standard InChI is InChI=1S/C17H19BrClNO/c1-3-13(20)9-12-5-7-16(14(18)10-12)21-17-6-4-11(2)8-15(17)19/h4-8,10,13H,3,9,20H2,1-2H3. The SMILES string of the molecule is CCC(N)Cc1ccc(Oc2ccc(C)cc2Cl)c(Br)c1.